The second-order valence-corrected chi connectivity index (χ2v) is 2.51. The number of rotatable bonds is 2. The van der Waals surface area contributed by atoms with Gasteiger partial charge in [-0.25, -0.2) is 0 Å². The largest absolute Gasteiger partial charge is 0.388 e. The summed E-state index contributed by atoms with van der Waals surface area (Å²) in [5.41, 5.74) is 1.80. The van der Waals surface area contributed by atoms with Gasteiger partial charge in [-0.15, -0.1) is 0 Å². The number of benzene rings is 1. The fourth-order valence-corrected chi connectivity index (χ4v) is 0.956. The van der Waals surface area contributed by atoms with Crippen molar-refractivity contribution in [2.45, 2.75) is 20.8 Å². The summed E-state index contributed by atoms with van der Waals surface area (Å²) in [6.07, 6.45) is 0. The van der Waals surface area contributed by atoms with Crippen LogP contribution in [0.25, 0.3) is 0 Å². The van der Waals surface area contributed by atoms with Gasteiger partial charge in [0.15, 0.2) is 0 Å². The lowest BCUT2D eigenvalue weighted by Crippen LogP contribution is -2.05. The molecule has 0 heterocycles. The Kier molecular flexibility index (Phi) is 6.20. The van der Waals surface area contributed by atoms with Crippen molar-refractivity contribution in [1.29, 1.82) is 0 Å². The van der Waals surface area contributed by atoms with Gasteiger partial charge in [0.2, 0.25) is 5.91 Å². The first-order chi connectivity index (χ1) is 6.72. The number of hydrogen-bond acceptors (Lipinski definition) is 2. The number of anilines is 2. The summed E-state index contributed by atoms with van der Waals surface area (Å²) in [6, 6.07) is 7.55. The van der Waals surface area contributed by atoms with Gasteiger partial charge in [-0.05, 0) is 18.2 Å². The van der Waals surface area contributed by atoms with Gasteiger partial charge in [-0.1, -0.05) is 19.9 Å². The van der Waals surface area contributed by atoms with E-state index >= 15 is 0 Å². The topological polar surface area (TPSA) is 41.1 Å². The van der Waals surface area contributed by atoms with E-state index in [-0.39, 0.29) is 5.91 Å². The molecule has 0 atom stereocenters. The molecule has 0 spiro atoms. The minimum Gasteiger partial charge on any atom is -0.388 e. The fourth-order valence-electron chi connectivity index (χ4n) is 0.956. The monoisotopic (exact) mass is 194 g/mol. The Morgan fingerprint density at radius 3 is 2.29 bits per heavy atom. The van der Waals surface area contributed by atoms with E-state index in [2.05, 4.69) is 10.6 Å². The molecule has 2 N–H and O–H groups in total. The van der Waals surface area contributed by atoms with E-state index in [1.54, 1.807) is 0 Å². The van der Waals surface area contributed by atoms with Crippen LogP contribution in [-0.4, -0.2) is 13.0 Å². The molecular formula is C11H18N2O. The van der Waals surface area contributed by atoms with Gasteiger partial charge in [0.25, 0.3) is 0 Å². The molecule has 0 aliphatic rings. The van der Waals surface area contributed by atoms with Gasteiger partial charge in [0.1, 0.15) is 0 Å². The van der Waals surface area contributed by atoms with Crippen molar-refractivity contribution in [2.75, 3.05) is 17.7 Å². The molecule has 1 amide bonds. The Labute approximate surface area is 85.5 Å². The molecule has 1 aromatic carbocycles. The third kappa shape index (κ3) is 4.50. The van der Waals surface area contributed by atoms with Crippen molar-refractivity contribution in [3.05, 3.63) is 24.3 Å². The van der Waals surface area contributed by atoms with E-state index in [0.717, 1.165) is 11.4 Å². The summed E-state index contributed by atoms with van der Waals surface area (Å²) in [4.78, 5) is 10.7. The quantitative estimate of drug-likeness (QED) is 0.760. The molecule has 3 nitrogen and oxygen atoms in total. The average molecular weight is 194 g/mol. The molecule has 0 unspecified atom stereocenters. The average Bonchev–Trinajstić information content (AvgIpc) is 2.20. The number of hydrogen-bond donors (Lipinski definition) is 2. The van der Waals surface area contributed by atoms with E-state index in [1.807, 2.05) is 45.2 Å². The zero-order valence-electron chi connectivity index (χ0n) is 9.22. The second-order valence-electron chi connectivity index (χ2n) is 2.51. The van der Waals surface area contributed by atoms with Crippen LogP contribution in [0.3, 0.4) is 0 Å². The summed E-state index contributed by atoms with van der Waals surface area (Å²) in [7, 11) is 1.84. The number of carbonyl (C=O) groups is 1. The normalized spacial score (nSPS) is 8.29. The maximum Gasteiger partial charge on any atom is 0.221 e. The highest BCUT2D eigenvalue weighted by atomic mass is 16.1. The molecule has 3 heteroatoms. The number of nitrogens with one attached hydrogen (secondary N) is 2. The van der Waals surface area contributed by atoms with E-state index in [0.29, 0.717) is 0 Å². The van der Waals surface area contributed by atoms with Crippen molar-refractivity contribution in [3.8, 4) is 0 Å². The summed E-state index contributed by atoms with van der Waals surface area (Å²) in [5, 5.41) is 5.69. The summed E-state index contributed by atoms with van der Waals surface area (Å²) < 4.78 is 0. The Morgan fingerprint density at radius 1 is 1.21 bits per heavy atom. The van der Waals surface area contributed by atoms with Gasteiger partial charge in [0.05, 0.1) is 0 Å². The maximum atomic E-state index is 10.7. The van der Waals surface area contributed by atoms with E-state index < -0.39 is 0 Å². The van der Waals surface area contributed by atoms with Crippen LogP contribution in [0.4, 0.5) is 11.4 Å². The summed E-state index contributed by atoms with van der Waals surface area (Å²) >= 11 is 0. The minimum absolute atomic E-state index is 0.0525. The van der Waals surface area contributed by atoms with Crippen LogP contribution in [0, 0.1) is 0 Å². The van der Waals surface area contributed by atoms with Crippen molar-refractivity contribution >= 4 is 17.3 Å². The fraction of sp³-hybridized carbons (Fsp3) is 0.364. The van der Waals surface area contributed by atoms with Gasteiger partial charge < -0.3 is 10.6 Å². The molecule has 0 fully saturated rings. The van der Waals surface area contributed by atoms with Gasteiger partial charge in [0, 0.05) is 25.3 Å². The molecule has 14 heavy (non-hydrogen) atoms. The van der Waals surface area contributed by atoms with Crippen LogP contribution in [0.1, 0.15) is 20.8 Å². The molecular weight excluding hydrogens is 176 g/mol. The van der Waals surface area contributed by atoms with Crippen molar-refractivity contribution < 1.29 is 4.79 Å². The predicted octanol–water partition coefficient (Wildman–Crippen LogP) is 2.71. The SMILES string of the molecule is CC.CNc1cccc(NC(C)=O)c1. The zero-order valence-corrected chi connectivity index (χ0v) is 9.22. The lowest BCUT2D eigenvalue weighted by molar-refractivity contribution is -0.114. The van der Waals surface area contributed by atoms with Crippen molar-refractivity contribution in [3.63, 3.8) is 0 Å². The first-order valence-corrected chi connectivity index (χ1v) is 4.78. The van der Waals surface area contributed by atoms with E-state index in [9.17, 15) is 4.79 Å². The standard InChI is InChI=1S/C9H12N2O.C2H6/c1-7(12)11-9-5-3-4-8(6-9)10-2;1-2/h3-6,10H,1-2H3,(H,11,12);1-2H3. The first kappa shape index (κ1) is 12.5. The first-order valence-electron chi connectivity index (χ1n) is 4.78. The molecule has 0 saturated heterocycles. The van der Waals surface area contributed by atoms with Crippen LogP contribution >= 0.6 is 0 Å². The van der Waals surface area contributed by atoms with Crippen LogP contribution < -0.4 is 10.6 Å². The second kappa shape index (κ2) is 6.95. The zero-order chi connectivity index (χ0) is 11.0. The minimum atomic E-state index is -0.0525. The van der Waals surface area contributed by atoms with Gasteiger partial charge >= 0.3 is 0 Å². The highest BCUT2D eigenvalue weighted by molar-refractivity contribution is 5.89. The molecule has 1 aromatic rings. The molecule has 0 saturated carbocycles. The predicted molar refractivity (Wildman–Crippen MR) is 61.6 cm³/mol. The lowest BCUT2D eigenvalue weighted by atomic mass is 10.3. The maximum absolute atomic E-state index is 10.7. The molecule has 0 radical (unpaired) electrons. The number of carbonyl (C=O) groups excluding carboxylic acids is 1. The third-order valence-corrected chi connectivity index (χ3v) is 1.47. The van der Waals surface area contributed by atoms with Crippen LogP contribution in [0.15, 0.2) is 24.3 Å². The molecule has 0 aromatic heterocycles. The van der Waals surface area contributed by atoms with E-state index in [1.165, 1.54) is 6.92 Å². The van der Waals surface area contributed by atoms with Gasteiger partial charge in [-0.2, -0.15) is 0 Å². The van der Waals surface area contributed by atoms with Crippen molar-refractivity contribution in [1.82, 2.24) is 0 Å². The Bertz CT molecular complexity index is 284. The van der Waals surface area contributed by atoms with Crippen molar-refractivity contribution in [2.24, 2.45) is 0 Å². The summed E-state index contributed by atoms with van der Waals surface area (Å²) in [5.74, 6) is -0.0525. The number of amides is 1. The Hall–Kier alpha value is -1.51. The molecule has 0 aliphatic carbocycles. The van der Waals surface area contributed by atoms with E-state index in [4.69, 9.17) is 0 Å². The third-order valence-electron chi connectivity index (χ3n) is 1.47. The Morgan fingerprint density at radius 2 is 1.79 bits per heavy atom. The molecule has 0 aliphatic heterocycles. The molecule has 78 valence electrons. The van der Waals surface area contributed by atoms with Crippen LogP contribution in [-0.2, 0) is 4.79 Å². The Balaban J connectivity index is 0.000000791. The molecule has 1 rings (SSSR count). The summed E-state index contributed by atoms with van der Waals surface area (Å²) in [6.45, 7) is 5.49. The highest BCUT2D eigenvalue weighted by Gasteiger charge is 1.94. The van der Waals surface area contributed by atoms with Gasteiger partial charge in [-0.3, -0.25) is 4.79 Å². The molecule has 0 bridgehead atoms. The van der Waals surface area contributed by atoms with Crippen LogP contribution in [0.2, 0.25) is 0 Å². The lowest BCUT2D eigenvalue weighted by Gasteiger charge is -2.04. The van der Waals surface area contributed by atoms with Crippen LogP contribution in [0.5, 0.6) is 0 Å². The smallest absolute Gasteiger partial charge is 0.221 e. The highest BCUT2D eigenvalue weighted by Crippen LogP contribution is 2.13.